The zero-order valence-electron chi connectivity index (χ0n) is 12.1. The van der Waals surface area contributed by atoms with Crippen molar-refractivity contribution in [2.24, 2.45) is 5.73 Å². The molecule has 0 saturated carbocycles. The predicted octanol–water partition coefficient (Wildman–Crippen LogP) is 3.22. The summed E-state index contributed by atoms with van der Waals surface area (Å²) < 4.78 is 13.9. The van der Waals surface area contributed by atoms with Gasteiger partial charge in [-0.1, -0.05) is 36.4 Å². The quantitative estimate of drug-likeness (QED) is 0.905. The van der Waals surface area contributed by atoms with E-state index in [2.05, 4.69) is 24.0 Å². The second-order valence-electron chi connectivity index (χ2n) is 5.23. The molecule has 0 fully saturated rings. The number of hydrogen-bond donors (Lipinski definition) is 1. The molecule has 0 aromatic heterocycles. The molecule has 2 aromatic rings. The monoisotopic (exact) mass is 272 g/mol. The summed E-state index contributed by atoms with van der Waals surface area (Å²) in [5.41, 5.74) is 9.58. The first-order valence-electron chi connectivity index (χ1n) is 6.80. The Bertz CT molecular complexity index is 581. The van der Waals surface area contributed by atoms with Gasteiger partial charge in [-0.25, -0.2) is 4.39 Å². The van der Waals surface area contributed by atoms with E-state index in [1.807, 2.05) is 31.3 Å². The van der Waals surface area contributed by atoms with Gasteiger partial charge >= 0.3 is 0 Å². The van der Waals surface area contributed by atoms with Crippen LogP contribution in [0.5, 0.6) is 0 Å². The molecule has 0 heterocycles. The second kappa shape index (κ2) is 6.64. The van der Waals surface area contributed by atoms with Gasteiger partial charge in [-0.15, -0.1) is 0 Å². The number of hydrogen-bond acceptors (Lipinski definition) is 2. The summed E-state index contributed by atoms with van der Waals surface area (Å²) >= 11 is 0. The smallest absolute Gasteiger partial charge is 0.128 e. The molecule has 0 saturated heterocycles. The molecule has 0 aliphatic heterocycles. The van der Waals surface area contributed by atoms with Crippen molar-refractivity contribution in [2.75, 3.05) is 7.05 Å². The molecule has 2 N–H and O–H groups in total. The lowest BCUT2D eigenvalue weighted by Gasteiger charge is -2.18. The molecule has 0 atom stereocenters. The molecule has 0 amide bonds. The SMILES string of the molecule is Cc1ccccc1CN(C)Cc1ccc(CN)cc1F. The molecule has 0 unspecified atom stereocenters. The average Bonchev–Trinajstić information content (AvgIpc) is 2.43. The van der Waals surface area contributed by atoms with E-state index in [0.29, 0.717) is 18.7 Å². The van der Waals surface area contributed by atoms with Crippen LogP contribution in [0.1, 0.15) is 22.3 Å². The number of rotatable bonds is 5. The molecule has 2 rings (SSSR count). The largest absolute Gasteiger partial charge is 0.326 e. The third kappa shape index (κ3) is 3.65. The van der Waals surface area contributed by atoms with E-state index in [1.54, 1.807) is 0 Å². The maximum absolute atomic E-state index is 13.9. The number of nitrogens with two attached hydrogens (primary N) is 1. The summed E-state index contributed by atoms with van der Waals surface area (Å²) in [6, 6.07) is 13.5. The van der Waals surface area contributed by atoms with Crippen LogP contribution in [0.2, 0.25) is 0 Å². The second-order valence-corrected chi connectivity index (χ2v) is 5.23. The van der Waals surface area contributed by atoms with Gasteiger partial charge in [-0.3, -0.25) is 4.90 Å². The van der Waals surface area contributed by atoms with Crippen LogP contribution in [-0.2, 0) is 19.6 Å². The Labute approximate surface area is 120 Å². The van der Waals surface area contributed by atoms with Crippen molar-refractivity contribution < 1.29 is 4.39 Å². The van der Waals surface area contributed by atoms with Gasteiger partial charge in [0.1, 0.15) is 5.82 Å². The summed E-state index contributed by atoms with van der Waals surface area (Å²) in [5.74, 6) is -0.176. The molecular weight excluding hydrogens is 251 g/mol. The summed E-state index contributed by atoms with van der Waals surface area (Å²) in [4.78, 5) is 2.11. The van der Waals surface area contributed by atoms with E-state index < -0.39 is 0 Å². The summed E-state index contributed by atoms with van der Waals surface area (Å²) in [6.07, 6.45) is 0. The molecule has 0 radical (unpaired) electrons. The average molecular weight is 272 g/mol. The van der Waals surface area contributed by atoms with Crippen molar-refractivity contribution in [3.05, 3.63) is 70.5 Å². The minimum atomic E-state index is -0.176. The molecule has 0 bridgehead atoms. The van der Waals surface area contributed by atoms with Crippen LogP contribution < -0.4 is 5.73 Å². The zero-order chi connectivity index (χ0) is 14.5. The molecule has 3 heteroatoms. The van der Waals surface area contributed by atoms with Gasteiger partial charge in [-0.2, -0.15) is 0 Å². The predicted molar refractivity (Wildman–Crippen MR) is 80.6 cm³/mol. The standard InChI is InChI=1S/C17H21FN2/c1-13-5-3-4-6-15(13)11-20(2)12-16-8-7-14(10-19)9-17(16)18/h3-9H,10-12,19H2,1-2H3. The Morgan fingerprint density at radius 3 is 2.40 bits per heavy atom. The van der Waals surface area contributed by atoms with Crippen molar-refractivity contribution in [1.82, 2.24) is 4.90 Å². The molecule has 106 valence electrons. The highest BCUT2D eigenvalue weighted by Gasteiger charge is 2.08. The van der Waals surface area contributed by atoms with E-state index in [9.17, 15) is 4.39 Å². The molecule has 0 aliphatic carbocycles. The Balaban J connectivity index is 2.05. The Hall–Kier alpha value is -1.71. The highest BCUT2D eigenvalue weighted by molar-refractivity contribution is 5.26. The van der Waals surface area contributed by atoms with Crippen LogP contribution >= 0.6 is 0 Å². The molecule has 20 heavy (non-hydrogen) atoms. The van der Waals surface area contributed by atoms with Crippen molar-refractivity contribution in [3.8, 4) is 0 Å². The number of benzene rings is 2. The summed E-state index contributed by atoms with van der Waals surface area (Å²) in [6.45, 7) is 3.87. The van der Waals surface area contributed by atoms with Gasteiger partial charge in [0.25, 0.3) is 0 Å². The Kier molecular flexibility index (Phi) is 4.88. The number of halogens is 1. The normalized spacial score (nSPS) is 11.1. The van der Waals surface area contributed by atoms with Crippen molar-refractivity contribution in [3.63, 3.8) is 0 Å². The first kappa shape index (κ1) is 14.7. The van der Waals surface area contributed by atoms with Crippen molar-refractivity contribution in [1.29, 1.82) is 0 Å². The van der Waals surface area contributed by atoms with Crippen molar-refractivity contribution >= 4 is 0 Å². The highest BCUT2D eigenvalue weighted by Crippen LogP contribution is 2.15. The van der Waals surface area contributed by atoms with E-state index in [-0.39, 0.29) is 5.82 Å². The third-order valence-electron chi connectivity index (χ3n) is 3.49. The maximum atomic E-state index is 13.9. The minimum Gasteiger partial charge on any atom is -0.326 e. The Morgan fingerprint density at radius 1 is 1.05 bits per heavy atom. The van der Waals surface area contributed by atoms with Crippen LogP contribution in [0.3, 0.4) is 0 Å². The van der Waals surface area contributed by atoms with Crippen LogP contribution in [0.15, 0.2) is 42.5 Å². The fourth-order valence-corrected chi connectivity index (χ4v) is 2.27. The summed E-state index contributed by atoms with van der Waals surface area (Å²) in [5, 5.41) is 0. The van der Waals surface area contributed by atoms with E-state index in [1.165, 1.54) is 17.2 Å². The lowest BCUT2D eigenvalue weighted by Crippen LogP contribution is -2.18. The van der Waals surface area contributed by atoms with E-state index >= 15 is 0 Å². The van der Waals surface area contributed by atoms with Gasteiger partial charge in [-0.05, 0) is 36.7 Å². The third-order valence-corrected chi connectivity index (χ3v) is 3.49. The summed E-state index contributed by atoms with van der Waals surface area (Å²) in [7, 11) is 2.00. The van der Waals surface area contributed by atoms with E-state index in [0.717, 1.165) is 12.1 Å². The van der Waals surface area contributed by atoms with Crippen LogP contribution in [0, 0.1) is 12.7 Å². The fourth-order valence-electron chi connectivity index (χ4n) is 2.27. The topological polar surface area (TPSA) is 29.3 Å². The van der Waals surface area contributed by atoms with E-state index in [4.69, 9.17) is 5.73 Å². The Morgan fingerprint density at radius 2 is 1.75 bits per heavy atom. The zero-order valence-corrected chi connectivity index (χ0v) is 12.1. The van der Waals surface area contributed by atoms with Gasteiger partial charge < -0.3 is 5.73 Å². The first-order chi connectivity index (χ1) is 9.60. The molecule has 0 aliphatic rings. The lowest BCUT2D eigenvalue weighted by atomic mass is 10.1. The fraction of sp³-hybridized carbons (Fsp3) is 0.294. The number of nitrogens with zero attached hydrogens (tertiary/aromatic N) is 1. The van der Waals surface area contributed by atoms with Crippen LogP contribution in [0.25, 0.3) is 0 Å². The first-order valence-corrected chi connectivity index (χ1v) is 6.80. The molecular formula is C17H21FN2. The molecule has 2 nitrogen and oxygen atoms in total. The minimum absolute atomic E-state index is 0.176. The maximum Gasteiger partial charge on any atom is 0.128 e. The molecule has 0 spiro atoms. The number of aryl methyl sites for hydroxylation is 1. The van der Waals surface area contributed by atoms with Gasteiger partial charge in [0, 0.05) is 25.2 Å². The van der Waals surface area contributed by atoms with Gasteiger partial charge in [0.15, 0.2) is 0 Å². The van der Waals surface area contributed by atoms with Crippen LogP contribution in [-0.4, -0.2) is 11.9 Å². The van der Waals surface area contributed by atoms with Crippen molar-refractivity contribution in [2.45, 2.75) is 26.6 Å². The lowest BCUT2D eigenvalue weighted by molar-refractivity contribution is 0.313. The molecule has 2 aromatic carbocycles. The van der Waals surface area contributed by atoms with Crippen LogP contribution in [0.4, 0.5) is 4.39 Å². The van der Waals surface area contributed by atoms with Gasteiger partial charge in [0.2, 0.25) is 0 Å². The van der Waals surface area contributed by atoms with Gasteiger partial charge in [0.05, 0.1) is 0 Å². The highest BCUT2D eigenvalue weighted by atomic mass is 19.1.